The SMILES string of the molecule is [CH2]CCc1ccc(OCC)c(Cl)c1. The number of rotatable bonds is 4. The predicted molar refractivity (Wildman–Crippen MR) is 56.3 cm³/mol. The zero-order chi connectivity index (χ0) is 9.68. The zero-order valence-electron chi connectivity index (χ0n) is 7.85. The molecule has 0 aromatic heterocycles. The maximum absolute atomic E-state index is 6.00. The molecule has 0 saturated carbocycles. The Morgan fingerprint density at radius 1 is 1.46 bits per heavy atom. The van der Waals surface area contributed by atoms with Crippen LogP contribution in [0.4, 0.5) is 0 Å². The quantitative estimate of drug-likeness (QED) is 0.718. The van der Waals surface area contributed by atoms with Crippen LogP contribution >= 0.6 is 11.6 Å². The first-order valence-corrected chi connectivity index (χ1v) is 4.86. The van der Waals surface area contributed by atoms with E-state index < -0.39 is 0 Å². The minimum atomic E-state index is 0.647. The fourth-order valence-corrected chi connectivity index (χ4v) is 1.43. The lowest BCUT2D eigenvalue weighted by molar-refractivity contribution is 0.340. The molecule has 13 heavy (non-hydrogen) atoms. The minimum Gasteiger partial charge on any atom is -0.492 e. The van der Waals surface area contributed by atoms with Gasteiger partial charge in [-0.05, 0) is 37.5 Å². The van der Waals surface area contributed by atoms with Crippen molar-refractivity contribution >= 4 is 11.6 Å². The lowest BCUT2D eigenvalue weighted by atomic mass is 10.1. The van der Waals surface area contributed by atoms with Gasteiger partial charge in [0.1, 0.15) is 5.75 Å². The predicted octanol–water partition coefficient (Wildman–Crippen LogP) is 3.51. The Bertz CT molecular complexity index is 271. The summed E-state index contributed by atoms with van der Waals surface area (Å²) in [4.78, 5) is 0. The Kier molecular flexibility index (Phi) is 4.10. The molecule has 1 rings (SSSR count). The van der Waals surface area contributed by atoms with Crippen molar-refractivity contribution in [3.8, 4) is 5.75 Å². The van der Waals surface area contributed by atoms with Crippen molar-refractivity contribution in [3.63, 3.8) is 0 Å². The number of ether oxygens (including phenoxy) is 1. The molecule has 0 spiro atoms. The van der Waals surface area contributed by atoms with Crippen LogP contribution in [0.2, 0.25) is 5.02 Å². The third-order valence-corrected chi connectivity index (χ3v) is 2.06. The number of hydrogen-bond acceptors (Lipinski definition) is 1. The van der Waals surface area contributed by atoms with Gasteiger partial charge in [0.2, 0.25) is 0 Å². The third kappa shape index (κ3) is 2.92. The van der Waals surface area contributed by atoms with E-state index in [0.29, 0.717) is 11.6 Å². The van der Waals surface area contributed by atoms with E-state index in [-0.39, 0.29) is 0 Å². The van der Waals surface area contributed by atoms with E-state index in [9.17, 15) is 0 Å². The Morgan fingerprint density at radius 3 is 2.77 bits per heavy atom. The van der Waals surface area contributed by atoms with Crippen LogP contribution < -0.4 is 4.74 Å². The topological polar surface area (TPSA) is 9.23 Å². The monoisotopic (exact) mass is 197 g/mol. The van der Waals surface area contributed by atoms with E-state index in [2.05, 4.69) is 6.92 Å². The smallest absolute Gasteiger partial charge is 0.137 e. The molecule has 1 aromatic rings. The number of hydrogen-bond donors (Lipinski definition) is 0. The van der Waals surface area contributed by atoms with Crippen LogP contribution in [0.1, 0.15) is 18.9 Å². The summed E-state index contributed by atoms with van der Waals surface area (Å²) in [5, 5.41) is 0.688. The van der Waals surface area contributed by atoms with Crippen LogP contribution in [-0.4, -0.2) is 6.61 Å². The van der Waals surface area contributed by atoms with Crippen LogP contribution in [0.5, 0.6) is 5.75 Å². The summed E-state index contributed by atoms with van der Waals surface area (Å²) in [5.74, 6) is 0.761. The molecule has 0 N–H and O–H groups in total. The molecular formula is C11H14ClO. The first-order valence-electron chi connectivity index (χ1n) is 4.48. The van der Waals surface area contributed by atoms with E-state index in [1.807, 2.05) is 25.1 Å². The largest absolute Gasteiger partial charge is 0.492 e. The molecule has 0 unspecified atom stereocenters. The van der Waals surface area contributed by atoms with Gasteiger partial charge < -0.3 is 4.74 Å². The summed E-state index contributed by atoms with van der Waals surface area (Å²) >= 11 is 6.00. The maximum Gasteiger partial charge on any atom is 0.137 e. The Balaban J connectivity index is 2.79. The van der Waals surface area contributed by atoms with Gasteiger partial charge in [0.05, 0.1) is 11.6 Å². The van der Waals surface area contributed by atoms with E-state index in [1.165, 1.54) is 5.56 Å². The van der Waals surface area contributed by atoms with E-state index >= 15 is 0 Å². The van der Waals surface area contributed by atoms with Gasteiger partial charge in [-0.3, -0.25) is 0 Å². The summed E-state index contributed by atoms with van der Waals surface area (Å²) in [6.45, 7) is 6.39. The van der Waals surface area contributed by atoms with Crippen molar-refractivity contribution in [1.29, 1.82) is 0 Å². The Morgan fingerprint density at radius 2 is 2.23 bits per heavy atom. The summed E-state index contributed by atoms with van der Waals surface area (Å²) < 4.78 is 5.32. The minimum absolute atomic E-state index is 0.647. The van der Waals surface area contributed by atoms with Gasteiger partial charge in [-0.15, -0.1) is 0 Å². The molecule has 0 atom stereocenters. The van der Waals surface area contributed by atoms with Crippen molar-refractivity contribution in [2.45, 2.75) is 19.8 Å². The van der Waals surface area contributed by atoms with E-state index in [4.69, 9.17) is 16.3 Å². The molecule has 0 amide bonds. The normalized spacial score (nSPS) is 10.1. The molecule has 0 aliphatic carbocycles. The third-order valence-electron chi connectivity index (χ3n) is 1.76. The average Bonchev–Trinajstić information content (AvgIpc) is 2.10. The molecule has 0 saturated heterocycles. The van der Waals surface area contributed by atoms with Crippen molar-refractivity contribution in [2.75, 3.05) is 6.61 Å². The van der Waals surface area contributed by atoms with Gasteiger partial charge in [-0.25, -0.2) is 0 Å². The van der Waals surface area contributed by atoms with E-state index in [1.54, 1.807) is 0 Å². The van der Waals surface area contributed by atoms with Crippen molar-refractivity contribution in [2.24, 2.45) is 0 Å². The Labute approximate surface area is 84.7 Å². The molecule has 0 heterocycles. The summed E-state index contributed by atoms with van der Waals surface area (Å²) in [6.07, 6.45) is 1.86. The fourth-order valence-electron chi connectivity index (χ4n) is 1.18. The molecule has 1 nitrogen and oxygen atoms in total. The van der Waals surface area contributed by atoms with Crippen molar-refractivity contribution < 1.29 is 4.74 Å². The second kappa shape index (κ2) is 5.13. The van der Waals surface area contributed by atoms with Gasteiger partial charge in [0.25, 0.3) is 0 Å². The van der Waals surface area contributed by atoms with Crippen molar-refractivity contribution in [1.82, 2.24) is 0 Å². The first kappa shape index (κ1) is 10.4. The fraction of sp³-hybridized carbons (Fsp3) is 0.364. The zero-order valence-corrected chi connectivity index (χ0v) is 8.60. The Hall–Kier alpha value is -0.690. The average molecular weight is 198 g/mol. The number of benzene rings is 1. The van der Waals surface area contributed by atoms with Gasteiger partial charge in [-0.1, -0.05) is 24.6 Å². The molecule has 0 aliphatic heterocycles. The summed E-state index contributed by atoms with van der Waals surface area (Å²) in [6, 6.07) is 5.89. The van der Waals surface area contributed by atoms with Gasteiger partial charge >= 0.3 is 0 Å². The molecule has 0 fully saturated rings. The van der Waals surface area contributed by atoms with Crippen LogP contribution in [0.25, 0.3) is 0 Å². The van der Waals surface area contributed by atoms with Crippen LogP contribution in [0.3, 0.4) is 0 Å². The van der Waals surface area contributed by atoms with Gasteiger partial charge in [-0.2, -0.15) is 0 Å². The van der Waals surface area contributed by atoms with Gasteiger partial charge in [0, 0.05) is 0 Å². The molecule has 1 aromatic carbocycles. The highest BCUT2D eigenvalue weighted by molar-refractivity contribution is 6.32. The highest BCUT2D eigenvalue weighted by Gasteiger charge is 2.01. The van der Waals surface area contributed by atoms with Crippen LogP contribution in [0, 0.1) is 6.92 Å². The van der Waals surface area contributed by atoms with E-state index in [0.717, 1.165) is 18.6 Å². The molecule has 2 heteroatoms. The number of halogens is 1. The summed E-state index contributed by atoms with van der Waals surface area (Å²) in [7, 11) is 0. The lowest BCUT2D eigenvalue weighted by Crippen LogP contribution is -1.93. The van der Waals surface area contributed by atoms with Crippen molar-refractivity contribution in [3.05, 3.63) is 35.7 Å². The molecule has 71 valence electrons. The highest BCUT2D eigenvalue weighted by Crippen LogP contribution is 2.25. The van der Waals surface area contributed by atoms with Crippen LogP contribution in [-0.2, 0) is 6.42 Å². The number of aryl methyl sites for hydroxylation is 1. The molecule has 0 aliphatic rings. The second-order valence-corrected chi connectivity index (χ2v) is 3.21. The molecular weight excluding hydrogens is 184 g/mol. The maximum atomic E-state index is 6.00. The molecule has 0 bridgehead atoms. The second-order valence-electron chi connectivity index (χ2n) is 2.80. The first-order chi connectivity index (χ1) is 6.27. The van der Waals surface area contributed by atoms with Crippen LogP contribution in [0.15, 0.2) is 18.2 Å². The standard InChI is InChI=1S/C11H14ClO/c1-3-5-9-6-7-11(13-4-2)10(12)8-9/h6-8H,1,3-5H2,2H3. The molecule has 1 radical (unpaired) electrons. The lowest BCUT2D eigenvalue weighted by Gasteiger charge is -2.06. The van der Waals surface area contributed by atoms with Gasteiger partial charge in [0.15, 0.2) is 0 Å². The summed E-state index contributed by atoms with van der Waals surface area (Å²) in [5.41, 5.74) is 1.21. The highest BCUT2D eigenvalue weighted by atomic mass is 35.5.